The van der Waals surface area contributed by atoms with Crippen LogP contribution in [-0.2, 0) is 24.4 Å². The third kappa shape index (κ3) is 2.61. The minimum Gasteiger partial charge on any atom is -0.372 e. The number of hydrogen-bond donors (Lipinski definition) is 2. The summed E-state index contributed by atoms with van der Waals surface area (Å²) in [6, 6.07) is 15.1. The Morgan fingerprint density at radius 2 is 1.95 bits per heavy atom. The Morgan fingerprint density at radius 3 is 2.75 bits per heavy atom. The van der Waals surface area contributed by atoms with Gasteiger partial charge in [-0.2, -0.15) is 0 Å². The first-order valence-corrected chi connectivity index (χ1v) is 6.98. The average Bonchev–Trinajstić information content (AvgIpc) is 2.94. The fourth-order valence-electron chi connectivity index (χ4n) is 2.74. The first-order valence-electron chi connectivity index (χ1n) is 6.98. The molecule has 0 bridgehead atoms. The lowest BCUT2D eigenvalue weighted by atomic mass is 9.94. The molecular weight excluding hydrogens is 248 g/mol. The molecule has 0 spiro atoms. The SMILES string of the molecule is Cc1ccccc1CC(NN)c1ccc2c(c1)COC2. The van der Waals surface area contributed by atoms with Crippen LogP contribution in [0.4, 0.5) is 0 Å². The summed E-state index contributed by atoms with van der Waals surface area (Å²) in [5.41, 5.74) is 9.37. The number of hydrogen-bond acceptors (Lipinski definition) is 3. The predicted molar refractivity (Wildman–Crippen MR) is 79.9 cm³/mol. The number of nitrogens with two attached hydrogens (primary N) is 1. The van der Waals surface area contributed by atoms with E-state index in [2.05, 4.69) is 54.8 Å². The van der Waals surface area contributed by atoms with Crippen molar-refractivity contribution in [3.63, 3.8) is 0 Å². The molecule has 3 rings (SSSR count). The highest BCUT2D eigenvalue weighted by Gasteiger charge is 2.16. The van der Waals surface area contributed by atoms with Gasteiger partial charge in [0.2, 0.25) is 0 Å². The van der Waals surface area contributed by atoms with Gasteiger partial charge in [-0.3, -0.25) is 11.3 Å². The Morgan fingerprint density at radius 1 is 1.15 bits per heavy atom. The Balaban J connectivity index is 1.85. The maximum Gasteiger partial charge on any atom is 0.0725 e. The highest BCUT2D eigenvalue weighted by molar-refractivity contribution is 5.36. The van der Waals surface area contributed by atoms with E-state index in [1.54, 1.807) is 0 Å². The summed E-state index contributed by atoms with van der Waals surface area (Å²) in [5.74, 6) is 5.77. The molecule has 1 atom stereocenters. The maximum absolute atomic E-state index is 5.77. The van der Waals surface area contributed by atoms with Crippen molar-refractivity contribution in [2.75, 3.05) is 0 Å². The Hall–Kier alpha value is -1.68. The summed E-state index contributed by atoms with van der Waals surface area (Å²) in [6.45, 7) is 3.58. The van der Waals surface area contributed by atoms with E-state index in [1.807, 2.05) is 0 Å². The van der Waals surface area contributed by atoms with Crippen molar-refractivity contribution < 1.29 is 4.74 Å². The number of aryl methyl sites for hydroxylation is 1. The lowest BCUT2D eigenvalue weighted by Crippen LogP contribution is -2.29. The van der Waals surface area contributed by atoms with E-state index >= 15 is 0 Å². The van der Waals surface area contributed by atoms with Gasteiger partial charge in [-0.05, 0) is 41.2 Å². The van der Waals surface area contributed by atoms with Gasteiger partial charge in [0.1, 0.15) is 0 Å². The van der Waals surface area contributed by atoms with Gasteiger partial charge in [-0.25, -0.2) is 0 Å². The van der Waals surface area contributed by atoms with Crippen LogP contribution in [-0.4, -0.2) is 0 Å². The highest BCUT2D eigenvalue weighted by atomic mass is 16.5. The molecule has 2 aromatic carbocycles. The number of hydrazine groups is 1. The molecule has 0 radical (unpaired) electrons. The van der Waals surface area contributed by atoms with Crippen molar-refractivity contribution >= 4 is 0 Å². The normalized spacial score (nSPS) is 15.1. The largest absolute Gasteiger partial charge is 0.372 e. The van der Waals surface area contributed by atoms with Crippen LogP contribution < -0.4 is 11.3 Å². The van der Waals surface area contributed by atoms with Crippen molar-refractivity contribution in [1.29, 1.82) is 0 Å². The molecule has 1 unspecified atom stereocenters. The highest BCUT2D eigenvalue weighted by Crippen LogP contribution is 2.26. The molecule has 3 heteroatoms. The Labute approximate surface area is 119 Å². The van der Waals surface area contributed by atoms with Gasteiger partial charge in [0.25, 0.3) is 0 Å². The quantitative estimate of drug-likeness (QED) is 0.662. The van der Waals surface area contributed by atoms with E-state index in [0.29, 0.717) is 6.61 Å². The summed E-state index contributed by atoms with van der Waals surface area (Å²) in [4.78, 5) is 0. The third-order valence-corrected chi connectivity index (χ3v) is 4.03. The van der Waals surface area contributed by atoms with Crippen LogP contribution >= 0.6 is 0 Å². The zero-order valence-electron chi connectivity index (χ0n) is 11.7. The van der Waals surface area contributed by atoms with Crippen LogP contribution in [0.2, 0.25) is 0 Å². The molecule has 0 fully saturated rings. The molecule has 0 amide bonds. The van der Waals surface area contributed by atoms with E-state index in [4.69, 9.17) is 10.6 Å². The van der Waals surface area contributed by atoms with Crippen molar-refractivity contribution in [2.45, 2.75) is 32.6 Å². The Bertz CT molecular complexity index is 610. The number of rotatable bonds is 4. The monoisotopic (exact) mass is 268 g/mol. The smallest absolute Gasteiger partial charge is 0.0725 e. The first-order chi connectivity index (χ1) is 9.78. The first kappa shape index (κ1) is 13.3. The molecule has 3 N–H and O–H groups in total. The van der Waals surface area contributed by atoms with Crippen molar-refractivity contribution in [3.05, 3.63) is 70.3 Å². The lowest BCUT2D eigenvalue weighted by Gasteiger charge is -2.18. The molecule has 0 saturated carbocycles. The second kappa shape index (κ2) is 5.75. The van der Waals surface area contributed by atoms with E-state index in [-0.39, 0.29) is 6.04 Å². The van der Waals surface area contributed by atoms with Crippen LogP contribution in [0.5, 0.6) is 0 Å². The van der Waals surface area contributed by atoms with Crippen LogP contribution in [0.15, 0.2) is 42.5 Å². The average molecular weight is 268 g/mol. The summed E-state index contributed by atoms with van der Waals surface area (Å²) < 4.78 is 5.47. The van der Waals surface area contributed by atoms with Gasteiger partial charge in [0.15, 0.2) is 0 Å². The molecule has 20 heavy (non-hydrogen) atoms. The zero-order chi connectivity index (χ0) is 13.9. The third-order valence-electron chi connectivity index (χ3n) is 4.03. The number of nitrogens with one attached hydrogen (secondary N) is 1. The molecule has 1 aliphatic heterocycles. The molecule has 1 aliphatic rings. The topological polar surface area (TPSA) is 47.3 Å². The van der Waals surface area contributed by atoms with Crippen molar-refractivity contribution in [2.24, 2.45) is 5.84 Å². The summed E-state index contributed by atoms with van der Waals surface area (Å²) in [7, 11) is 0. The van der Waals surface area contributed by atoms with Gasteiger partial charge in [0, 0.05) is 0 Å². The molecule has 0 aromatic heterocycles. The van der Waals surface area contributed by atoms with Crippen LogP contribution in [0.3, 0.4) is 0 Å². The molecule has 104 valence electrons. The van der Waals surface area contributed by atoms with Gasteiger partial charge in [-0.15, -0.1) is 0 Å². The van der Waals surface area contributed by atoms with Crippen LogP contribution in [0.25, 0.3) is 0 Å². The molecule has 1 heterocycles. The molecule has 0 aliphatic carbocycles. The fourth-order valence-corrected chi connectivity index (χ4v) is 2.74. The van der Waals surface area contributed by atoms with Crippen molar-refractivity contribution in [1.82, 2.24) is 5.43 Å². The minimum absolute atomic E-state index is 0.127. The minimum atomic E-state index is 0.127. The number of ether oxygens (including phenoxy) is 1. The standard InChI is InChI=1S/C17H20N2O/c1-12-4-2-3-5-13(12)9-17(19-18)14-6-7-15-10-20-11-16(15)8-14/h2-8,17,19H,9-11,18H2,1H3. The number of fused-ring (bicyclic) bond motifs is 1. The summed E-state index contributed by atoms with van der Waals surface area (Å²) >= 11 is 0. The van der Waals surface area contributed by atoms with E-state index in [0.717, 1.165) is 13.0 Å². The van der Waals surface area contributed by atoms with Gasteiger partial charge < -0.3 is 4.74 Å². The van der Waals surface area contributed by atoms with Gasteiger partial charge in [0.05, 0.1) is 19.3 Å². The summed E-state index contributed by atoms with van der Waals surface area (Å²) in [6.07, 6.45) is 0.892. The van der Waals surface area contributed by atoms with Gasteiger partial charge in [-0.1, -0.05) is 42.5 Å². The lowest BCUT2D eigenvalue weighted by molar-refractivity contribution is 0.134. The van der Waals surface area contributed by atoms with E-state index in [9.17, 15) is 0 Å². The fraction of sp³-hybridized carbons (Fsp3) is 0.294. The number of benzene rings is 2. The second-order valence-corrected chi connectivity index (χ2v) is 5.37. The van der Waals surface area contributed by atoms with Crippen molar-refractivity contribution in [3.8, 4) is 0 Å². The van der Waals surface area contributed by atoms with Crippen LogP contribution in [0, 0.1) is 6.92 Å². The van der Waals surface area contributed by atoms with E-state index in [1.165, 1.54) is 27.8 Å². The van der Waals surface area contributed by atoms with E-state index < -0.39 is 0 Å². The molecular formula is C17H20N2O. The van der Waals surface area contributed by atoms with Crippen LogP contribution in [0.1, 0.15) is 33.9 Å². The molecule has 2 aromatic rings. The molecule has 3 nitrogen and oxygen atoms in total. The molecule has 0 saturated heterocycles. The van der Waals surface area contributed by atoms with Gasteiger partial charge >= 0.3 is 0 Å². The Kier molecular flexibility index (Phi) is 3.83. The second-order valence-electron chi connectivity index (χ2n) is 5.37. The maximum atomic E-state index is 5.77. The zero-order valence-corrected chi connectivity index (χ0v) is 11.7. The predicted octanol–water partition coefficient (Wildman–Crippen LogP) is 2.77. The summed E-state index contributed by atoms with van der Waals surface area (Å²) in [5, 5.41) is 0.